The van der Waals surface area contributed by atoms with Gasteiger partial charge in [0, 0.05) is 45.7 Å². The Bertz CT molecular complexity index is 1370. The number of nitrogens with one attached hydrogen (secondary N) is 1. The number of aromatic nitrogens is 2. The summed E-state index contributed by atoms with van der Waals surface area (Å²) in [6.07, 6.45) is 12.1. The van der Waals surface area contributed by atoms with Crippen molar-refractivity contribution in [2.24, 2.45) is 0 Å². The smallest absolute Gasteiger partial charge is 0.227 e. The average molecular weight is 675 g/mol. The van der Waals surface area contributed by atoms with Crippen LogP contribution in [0.4, 0.5) is 11.6 Å². The summed E-state index contributed by atoms with van der Waals surface area (Å²) in [5.74, 6) is 1.29. The van der Waals surface area contributed by atoms with E-state index in [1.54, 1.807) is 0 Å². The number of unbranched alkanes of at least 4 members (excludes halogenated alkanes) is 1. The average Bonchev–Trinajstić information content (AvgIpc) is 2.93. The number of hydrogen-bond acceptors (Lipinski definition) is 6. The Morgan fingerprint density at radius 1 is 1.12 bits per heavy atom. The fourth-order valence-corrected chi connectivity index (χ4v) is 7.99. The van der Waals surface area contributed by atoms with E-state index >= 15 is 0 Å². The van der Waals surface area contributed by atoms with Gasteiger partial charge in [0.2, 0.25) is 5.95 Å². The van der Waals surface area contributed by atoms with Gasteiger partial charge in [-0.05, 0) is 102 Å². The zero-order valence-electron chi connectivity index (χ0n) is 26.3. The highest BCUT2D eigenvalue weighted by Gasteiger charge is 2.40. The van der Waals surface area contributed by atoms with Gasteiger partial charge in [-0.2, -0.15) is 0 Å². The van der Waals surface area contributed by atoms with Crippen molar-refractivity contribution >= 4 is 57.6 Å². The number of rotatable bonds is 12. The number of benzene rings is 2. The third-order valence-electron chi connectivity index (χ3n) is 8.83. The number of anilines is 2. The lowest BCUT2D eigenvalue weighted by molar-refractivity contribution is 0.0729. The SMILES string of the molecule is CCCCC(Cc1cccc(Nc2ncc3ccc(Br)c(OC4CCC(O[Si](C)(C)C(C)(C)C)CC4)c3n2)c1)S(C)=O. The van der Waals surface area contributed by atoms with Gasteiger partial charge in [0.05, 0.1) is 10.6 Å². The maximum absolute atomic E-state index is 12.3. The molecule has 1 aliphatic carbocycles. The van der Waals surface area contributed by atoms with Gasteiger partial charge in [-0.3, -0.25) is 4.21 Å². The van der Waals surface area contributed by atoms with Gasteiger partial charge < -0.3 is 14.5 Å². The second kappa shape index (κ2) is 14.3. The highest BCUT2D eigenvalue weighted by molar-refractivity contribution is 9.10. The largest absolute Gasteiger partial charge is 0.487 e. The summed E-state index contributed by atoms with van der Waals surface area (Å²) >= 11 is 3.72. The molecule has 3 aromatic rings. The summed E-state index contributed by atoms with van der Waals surface area (Å²) in [7, 11) is -2.63. The molecule has 0 bridgehead atoms. The zero-order valence-corrected chi connectivity index (χ0v) is 29.7. The van der Waals surface area contributed by atoms with Gasteiger partial charge >= 0.3 is 0 Å². The van der Waals surface area contributed by atoms with Crippen molar-refractivity contribution in [3.05, 3.63) is 52.6 Å². The van der Waals surface area contributed by atoms with Crippen LogP contribution < -0.4 is 10.1 Å². The van der Waals surface area contributed by atoms with E-state index in [0.717, 1.165) is 83.7 Å². The van der Waals surface area contributed by atoms with Crippen molar-refractivity contribution < 1.29 is 13.4 Å². The summed E-state index contributed by atoms with van der Waals surface area (Å²) in [6, 6.07) is 12.3. The first-order valence-electron chi connectivity index (χ1n) is 15.3. The van der Waals surface area contributed by atoms with Gasteiger partial charge in [0.15, 0.2) is 14.1 Å². The molecule has 1 saturated carbocycles. The van der Waals surface area contributed by atoms with Crippen LogP contribution >= 0.6 is 15.9 Å². The van der Waals surface area contributed by atoms with Crippen LogP contribution in [0, 0.1) is 0 Å². The van der Waals surface area contributed by atoms with Crippen LogP contribution in [-0.4, -0.2) is 46.2 Å². The normalized spacial score (nSPS) is 19.4. The molecule has 0 amide bonds. The second-order valence-corrected chi connectivity index (χ2v) is 20.5. The molecule has 1 fully saturated rings. The molecule has 6 nitrogen and oxygen atoms in total. The van der Waals surface area contributed by atoms with Crippen molar-refractivity contribution in [3.8, 4) is 5.75 Å². The molecule has 1 heterocycles. The van der Waals surface area contributed by atoms with Crippen LogP contribution in [0.1, 0.15) is 78.2 Å². The molecule has 9 heteroatoms. The Hall–Kier alpha value is -1.81. The molecule has 1 aromatic heterocycles. The summed E-state index contributed by atoms with van der Waals surface area (Å²) in [4.78, 5) is 9.49. The van der Waals surface area contributed by atoms with Crippen LogP contribution in [-0.2, 0) is 21.6 Å². The third-order valence-corrected chi connectivity index (χ3v) is 15.3. The number of halogens is 1. The first-order valence-corrected chi connectivity index (χ1v) is 20.7. The fraction of sp³-hybridized carbons (Fsp3) is 0.576. The number of ether oxygens (including phenoxy) is 1. The Balaban J connectivity index is 1.46. The summed E-state index contributed by atoms with van der Waals surface area (Å²) < 4.78 is 26.5. The molecule has 0 spiro atoms. The standard InChI is InChI=1S/C33H48BrN3O3SSi/c1-8-9-13-28(41(5)38)21-23-11-10-12-25(20-23)36-32-35-22-24-14-19-29(34)31(30(24)37-32)39-26-15-17-27(18-16-26)40-42(6,7)33(2,3)4/h10-12,14,19-20,22,26-28H,8-9,13,15-18,21H2,1-7H3,(H,35,36,37). The Morgan fingerprint density at radius 2 is 1.83 bits per heavy atom. The van der Waals surface area contributed by atoms with Gasteiger partial charge in [-0.1, -0.05) is 52.7 Å². The van der Waals surface area contributed by atoms with Crippen molar-refractivity contribution in [3.63, 3.8) is 0 Å². The molecule has 0 aliphatic heterocycles. The molecule has 1 aliphatic rings. The number of hydrogen-bond donors (Lipinski definition) is 1. The van der Waals surface area contributed by atoms with E-state index in [1.807, 2.05) is 36.7 Å². The minimum absolute atomic E-state index is 0.124. The maximum Gasteiger partial charge on any atom is 0.227 e. The van der Waals surface area contributed by atoms with Crippen molar-refractivity contribution in [1.82, 2.24) is 9.97 Å². The van der Waals surface area contributed by atoms with E-state index in [1.165, 1.54) is 0 Å². The molecule has 2 unspecified atom stereocenters. The summed E-state index contributed by atoms with van der Waals surface area (Å²) in [5, 5.41) is 4.71. The first kappa shape index (κ1) is 33.1. The molecule has 42 heavy (non-hydrogen) atoms. The summed E-state index contributed by atoms with van der Waals surface area (Å²) in [5.41, 5.74) is 2.87. The predicted molar refractivity (Wildman–Crippen MR) is 183 cm³/mol. The van der Waals surface area contributed by atoms with Crippen LogP contribution in [0.2, 0.25) is 18.1 Å². The molecular formula is C33H48BrN3O3SSi. The lowest BCUT2D eigenvalue weighted by Gasteiger charge is -2.41. The zero-order chi connectivity index (χ0) is 30.5. The molecule has 2 atom stereocenters. The monoisotopic (exact) mass is 673 g/mol. The van der Waals surface area contributed by atoms with E-state index in [4.69, 9.17) is 14.1 Å². The summed E-state index contributed by atoms with van der Waals surface area (Å²) in [6.45, 7) is 13.7. The van der Waals surface area contributed by atoms with Gasteiger partial charge in [0.25, 0.3) is 0 Å². The van der Waals surface area contributed by atoms with Crippen molar-refractivity contribution in [1.29, 1.82) is 0 Å². The molecule has 230 valence electrons. The fourth-order valence-electron chi connectivity index (χ4n) is 5.23. The Morgan fingerprint density at radius 3 is 2.50 bits per heavy atom. The maximum atomic E-state index is 12.3. The Labute approximate surface area is 264 Å². The van der Waals surface area contributed by atoms with Crippen molar-refractivity contribution in [2.75, 3.05) is 11.6 Å². The Kier molecular flexibility index (Phi) is 11.3. The van der Waals surface area contributed by atoms with Gasteiger partial charge in [-0.25, -0.2) is 9.97 Å². The molecule has 1 N–H and O–H groups in total. The van der Waals surface area contributed by atoms with E-state index < -0.39 is 19.1 Å². The highest BCUT2D eigenvalue weighted by atomic mass is 79.9. The highest BCUT2D eigenvalue weighted by Crippen LogP contribution is 2.40. The second-order valence-electron chi connectivity index (χ2n) is 13.2. The predicted octanol–water partition coefficient (Wildman–Crippen LogP) is 9.33. The number of nitrogens with zero attached hydrogens (tertiary/aromatic N) is 2. The van der Waals surface area contributed by atoms with E-state index in [-0.39, 0.29) is 16.4 Å². The number of fused-ring (bicyclic) bond motifs is 1. The third kappa shape index (κ3) is 8.64. The quantitative estimate of drug-likeness (QED) is 0.193. The van der Waals surface area contributed by atoms with E-state index in [0.29, 0.717) is 12.1 Å². The van der Waals surface area contributed by atoms with Crippen LogP contribution in [0.5, 0.6) is 5.75 Å². The van der Waals surface area contributed by atoms with E-state index in [2.05, 4.69) is 79.2 Å². The van der Waals surface area contributed by atoms with Crippen LogP contribution in [0.25, 0.3) is 10.9 Å². The molecule has 4 rings (SSSR count). The molecule has 0 radical (unpaired) electrons. The molecule has 2 aromatic carbocycles. The van der Waals surface area contributed by atoms with Gasteiger partial charge in [-0.15, -0.1) is 0 Å². The van der Waals surface area contributed by atoms with E-state index in [9.17, 15) is 4.21 Å². The van der Waals surface area contributed by atoms with Crippen LogP contribution in [0.15, 0.2) is 47.1 Å². The minimum atomic E-state index is -1.78. The first-order chi connectivity index (χ1) is 19.9. The molecule has 0 saturated heterocycles. The molecular weight excluding hydrogens is 626 g/mol. The van der Waals surface area contributed by atoms with Crippen molar-refractivity contribution in [2.45, 2.75) is 115 Å². The minimum Gasteiger partial charge on any atom is -0.487 e. The van der Waals surface area contributed by atoms with Gasteiger partial charge in [0.1, 0.15) is 5.52 Å². The lowest BCUT2D eigenvalue weighted by Crippen LogP contribution is -2.45. The van der Waals surface area contributed by atoms with Crippen LogP contribution in [0.3, 0.4) is 0 Å². The lowest BCUT2D eigenvalue weighted by atomic mass is 9.95. The topological polar surface area (TPSA) is 73.3 Å².